The van der Waals surface area contributed by atoms with Gasteiger partial charge in [-0.2, -0.15) is 5.26 Å². The van der Waals surface area contributed by atoms with Gasteiger partial charge in [0.05, 0.1) is 23.2 Å². The lowest BCUT2D eigenvalue weighted by molar-refractivity contribution is 0.295. The Kier molecular flexibility index (Phi) is 5.49. The van der Waals surface area contributed by atoms with E-state index >= 15 is 0 Å². The Hall–Kier alpha value is -1.70. The van der Waals surface area contributed by atoms with Crippen LogP contribution >= 0.6 is 27.5 Å². The number of benzene rings is 2. The smallest absolute Gasteiger partial charge is 0.134 e. The van der Waals surface area contributed by atoms with Gasteiger partial charge in [0.2, 0.25) is 0 Å². The van der Waals surface area contributed by atoms with Gasteiger partial charge in [0.1, 0.15) is 18.1 Å². The first kappa shape index (κ1) is 15.7. The van der Waals surface area contributed by atoms with Crippen molar-refractivity contribution in [2.45, 2.75) is 12.5 Å². The molecule has 0 aliphatic rings. The summed E-state index contributed by atoms with van der Waals surface area (Å²) in [4.78, 5) is 0. The Morgan fingerprint density at radius 3 is 2.57 bits per heavy atom. The van der Waals surface area contributed by atoms with E-state index in [9.17, 15) is 0 Å². The van der Waals surface area contributed by atoms with E-state index in [0.717, 1.165) is 15.6 Å². The third kappa shape index (κ3) is 3.90. The van der Waals surface area contributed by atoms with Crippen LogP contribution in [0.1, 0.15) is 16.7 Å². The van der Waals surface area contributed by atoms with Gasteiger partial charge in [-0.15, -0.1) is 11.6 Å². The summed E-state index contributed by atoms with van der Waals surface area (Å²) in [5.74, 6) is 1.87. The summed E-state index contributed by atoms with van der Waals surface area (Å²) >= 11 is 9.25. The zero-order valence-electron chi connectivity index (χ0n) is 11.4. The number of rotatable bonds is 5. The van der Waals surface area contributed by atoms with Gasteiger partial charge in [0, 0.05) is 11.4 Å². The van der Waals surface area contributed by atoms with E-state index in [0.29, 0.717) is 29.5 Å². The highest BCUT2D eigenvalue weighted by Crippen LogP contribution is 2.29. The molecule has 0 spiro atoms. The van der Waals surface area contributed by atoms with E-state index in [-0.39, 0.29) is 0 Å². The maximum atomic E-state index is 8.96. The van der Waals surface area contributed by atoms with Crippen LogP contribution in [0.5, 0.6) is 11.5 Å². The minimum absolute atomic E-state index is 0.317. The number of nitrogens with zero attached hydrogens (tertiary/aromatic N) is 1. The third-order valence-electron chi connectivity index (χ3n) is 2.94. The number of hydrogen-bond acceptors (Lipinski definition) is 3. The molecule has 0 unspecified atom stereocenters. The number of nitriles is 1. The average Bonchev–Trinajstić information content (AvgIpc) is 2.53. The van der Waals surface area contributed by atoms with Crippen molar-refractivity contribution in [1.29, 1.82) is 5.26 Å². The predicted octanol–water partition coefficient (Wildman–Crippen LogP) is 4.65. The van der Waals surface area contributed by atoms with Gasteiger partial charge in [-0.25, -0.2) is 0 Å². The van der Waals surface area contributed by atoms with Crippen LogP contribution in [-0.4, -0.2) is 7.11 Å². The SMILES string of the molecule is COc1ccc(C#N)cc1COc1ccc(CCl)cc1Br. The molecule has 0 amide bonds. The van der Waals surface area contributed by atoms with Crippen LogP contribution in [0.3, 0.4) is 0 Å². The van der Waals surface area contributed by atoms with Gasteiger partial charge in [-0.1, -0.05) is 6.07 Å². The summed E-state index contributed by atoms with van der Waals surface area (Å²) in [5.41, 5.74) is 2.41. The normalized spacial score (nSPS) is 10.0. The van der Waals surface area contributed by atoms with Crippen LogP contribution in [0.25, 0.3) is 0 Å². The topological polar surface area (TPSA) is 42.2 Å². The molecule has 5 heteroatoms. The second kappa shape index (κ2) is 7.35. The Morgan fingerprint density at radius 1 is 1.19 bits per heavy atom. The highest BCUT2D eigenvalue weighted by molar-refractivity contribution is 9.10. The summed E-state index contributed by atoms with van der Waals surface area (Å²) in [7, 11) is 1.59. The molecule has 0 radical (unpaired) electrons. The molecule has 3 nitrogen and oxygen atoms in total. The van der Waals surface area contributed by atoms with Crippen molar-refractivity contribution in [2.24, 2.45) is 0 Å². The standard InChI is InChI=1S/C16H13BrClNO2/c1-20-15-4-3-12(9-19)6-13(15)10-21-16-5-2-11(8-18)7-14(16)17/h2-7H,8,10H2,1H3. The van der Waals surface area contributed by atoms with Crippen molar-refractivity contribution < 1.29 is 9.47 Å². The average molecular weight is 367 g/mol. The second-order valence-corrected chi connectivity index (χ2v) is 5.45. The number of methoxy groups -OCH3 is 1. The minimum atomic E-state index is 0.317. The molecule has 0 saturated carbocycles. The second-order valence-electron chi connectivity index (χ2n) is 4.33. The molecule has 0 aromatic heterocycles. The number of halogens is 2. The van der Waals surface area contributed by atoms with Crippen LogP contribution in [0.15, 0.2) is 40.9 Å². The number of ether oxygens (including phenoxy) is 2. The quantitative estimate of drug-likeness (QED) is 0.724. The first-order chi connectivity index (χ1) is 10.2. The van der Waals surface area contributed by atoms with Crippen molar-refractivity contribution in [3.8, 4) is 17.6 Å². The van der Waals surface area contributed by atoms with Gasteiger partial charge >= 0.3 is 0 Å². The molecule has 0 bridgehead atoms. The lowest BCUT2D eigenvalue weighted by Crippen LogP contribution is -2.00. The summed E-state index contributed by atoms with van der Waals surface area (Å²) in [6.07, 6.45) is 0. The third-order valence-corrected chi connectivity index (χ3v) is 3.87. The van der Waals surface area contributed by atoms with Crippen LogP contribution < -0.4 is 9.47 Å². The summed E-state index contributed by atoms with van der Waals surface area (Å²) in [6.45, 7) is 0.317. The Labute approximate surface area is 137 Å². The zero-order chi connectivity index (χ0) is 15.2. The molecule has 2 rings (SSSR count). The molecule has 0 atom stereocenters. The zero-order valence-corrected chi connectivity index (χ0v) is 13.7. The monoisotopic (exact) mass is 365 g/mol. The van der Waals surface area contributed by atoms with Gasteiger partial charge < -0.3 is 9.47 Å². The van der Waals surface area contributed by atoms with Crippen LogP contribution in [-0.2, 0) is 12.5 Å². The molecule has 0 saturated heterocycles. The molecule has 0 N–H and O–H groups in total. The lowest BCUT2D eigenvalue weighted by atomic mass is 10.1. The fourth-order valence-corrected chi connectivity index (χ4v) is 2.57. The fourth-order valence-electron chi connectivity index (χ4n) is 1.86. The first-order valence-electron chi connectivity index (χ1n) is 6.22. The predicted molar refractivity (Wildman–Crippen MR) is 85.7 cm³/mol. The molecule has 0 aliphatic carbocycles. The van der Waals surface area contributed by atoms with Crippen molar-refractivity contribution in [1.82, 2.24) is 0 Å². The first-order valence-corrected chi connectivity index (χ1v) is 7.55. The fraction of sp³-hybridized carbons (Fsp3) is 0.188. The van der Waals surface area contributed by atoms with Crippen LogP contribution in [0, 0.1) is 11.3 Å². The van der Waals surface area contributed by atoms with E-state index in [1.165, 1.54) is 0 Å². The Bertz CT molecular complexity index is 682. The highest BCUT2D eigenvalue weighted by atomic mass is 79.9. The molecular weight excluding hydrogens is 354 g/mol. The van der Waals surface area contributed by atoms with Crippen molar-refractivity contribution in [3.63, 3.8) is 0 Å². The van der Waals surface area contributed by atoms with E-state index in [1.54, 1.807) is 25.3 Å². The minimum Gasteiger partial charge on any atom is -0.496 e. The maximum absolute atomic E-state index is 8.96. The van der Waals surface area contributed by atoms with Gasteiger partial charge in [-0.3, -0.25) is 0 Å². The van der Waals surface area contributed by atoms with E-state index in [1.807, 2.05) is 18.2 Å². The highest BCUT2D eigenvalue weighted by Gasteiger charge is 2.08. The summed E-state index contributed by atoms with van der Waals surface area (Å²) in [6, 6.07) is 13.1. The van der Waals surface area contributed by atoms with Gasteiger partial charge in [-0.05, 0) is 51.8 Å². The molecule has 108 valence electrons. The van der Waals surface area contributed by atoms with Crippen LogP contribution in [0.4, 0.5) is 0 Å². The van der Waals surface area contributed by atoms with E-state index < -0.39 is 0 Å². The molecule has 0 fully saturated rings. The summed E-state index contributed by atoms with van der Waals surface area (Å²) < 4.78 is 11.9. The van der Waals surface area contributed by atoms with E-state index in [4.69, 9.17) is 26.3 Å². The molecule has 0 heterocycles. The molecular formula is C16H13BrClNO2. The van der Waals surface area contributed by atoms with Crippen molar-refractivity contribution >= 4 is 27.5 Å². The van der Waals surface area contributed by atoms with Crippen LogP contribution in [0.2, 0.25) is 0 Å². The maximum Gasteiger partial charge on any atom is 0.134 e. The van der Waals surface area contributed by atoms with E-state index in [2.05, 4.69) is 22.0 Å². The molecule has 2 aromatic rings. The Balaban J connectivity index is 2.18. The molecule has 0 aliphatic heterocycles. The molecule has 2 aromatic carbocycles. The lowest BCUT2D eigenvalue weighted by Gasteiger charge is -2.12. The Morgan fingerprint density at radius 2 is 1.95 bits per heavy atom. The number of hydrogen-bond donors (Lipinski definition) is 0. The van der Waals surface area contributed by atoms with Gasteiger partial charge in [0.15, 0.2) is 0 Å². The summed E-state index contributed by atoms with van der Waals surface area (Å²) in [5, 5.41) is 8.96. The van der Waals surface area contributed by atoms with Gasteiger partial charge in [0.25, 0.3) is 0 Å². The van der Waals surface area contributed by atoms with Crippen molar-refractivity contribution in [2.75, 3.05) is 7.11 Å². The largest absolute Gasteiger partial charge is 0.496 e. The number of alkyl halides is 1. The van der Waals surface area contributed by atoms with Crippen molar-refractivity contribution in [3.05, 3.63) is 57.6 Å². The molecule has 21 heavy (non-hydrogen) atoms.